The van der Waals surface area contributed by atoms with Crippen LogP contribution in [0, 0.1) is 18.3 Å². The van der Waals surface area contributed by atoms with Crippen molar-refractivity contribution in [3.8, 4) is 0 Å². The van der Waals surface area contributed by atoms with Gasteiger partial charge in [0.15, 0.2) is 0 Å². The maximum Gasteiger partial charge on any atom is 0.308 e. The molecular weight excluding hydrogens is 346 g/mol. The van der Waals surface area contributed by atoms with E-state index in [1.54, 1.807) is 4.90 Å². The van der Waals surface area contributed by atoms with Gasteiger partial charge in [0, 0.05) is 44.7 Å². The molecule has 27 heavy (non-hydrogen) atoms. The van der Waals surface area contributed by atoms with Crippen LogP contribution in [0.2, 0.25) is 0 Å². The van der Waals surface area contributed by atoms with E-state index in [9.17, 15) is 14.7 Å². The number of hydrogen-bond acceptors (Lipinski definition) is 4. The summed E-state index contributed by atoms with van der Waals surface area (Å²) in [6.45, 7) is 4.47. The van der Waals surface area contributed by atoms with Crippen molar-refractivity contribution in [3.05, 3.63) is 30.1 Å². The number of benzene rings is 1. The summed E-state index contributed by atoms with van der Waals surface area (Å²) in [6.07, 6.45) is 1.76. The zero-order chi connectivity index (χ0) is 19.0. The number of aryl methyl sites for hydroxylation is 2. The highest BCUT2D eigenvalue weighted by Gasteiger charge is 2.51. The van der Waals surface area contributed by atoms with E-state index in [4.69, 9.17) is 4.74 Å². The Kier molecular flexibility index (Phi) is 4.63. The van der Waals surface area contributed by atoms with Crippen molar-refractivity contribution < 1.29 is 19.4 Å². The lowest BCUT2D eigenvalue weighted by Crippen LogP contribution is -2.40. The third kappa shape index (κ3) is 3.20. The van der Waals surface area contributed by atoms with Crippen molar-refractivity contribution in [3.63, 3.8) is 0 Å². The van der Waals surface area contributed by atoms with Gasteiger partial charge >= 0.3 is 5.97 Å². The molecule has 1 atom stereocenters. The molecule has 2 aromatic rings. The Bertz CT molecular complexity index is 869. The summed E-state index contributed by atoms with van der Waals surface area (Å²) in [5, 5.41) is 9.67. The van der Waals surface area contributed by atoms with Crippen LogP contribution in [0.1, 0.15) is 25.1 Å². The molecule has 4 rings (SSSR count). The molecule has 0 bridgehead atoms. The number of para-hydroxylation sites is 2. The Hall–Kier alpha value is -2.41. The molecule has 1 aromatic carbocycles. The van der Waals surface area contributed by atoms with Gasteiger partial charge in [-0.25, -0.2) is 4.98 Å². The van der Waals surface area contributed by atoms with Crippen LogP contribution in [0.15, 0.2) is 24.3 Å². The zero-order valence-electron chi connectivity index (χ0n) is 15.6. The molecule has 2 saturated heterocycles. The molecule has 2 aliphatic heterocycles. The molecule has 0 aliphatic carbocycles. The number of carbonyl (C=O) groups is 2. The number of aliphatic carboxylic acids is 1. The summed E-state index contributed by atoms with van der Waals surface area (Å²) < 4.78 is 7.48. The van der Waals surface area contributed by atoms with E-state index in [0.29, 0.717) is 52.1 Å². The van der Waals surface area contributed by atoms with Crippen LogP contribution in [-0.4, -0.2) is 57.7 Å². The fourth-order valence-electron chi connectivity index (χ4n) is 4.63. The first-order valence-corrected chi connectivity index (χ1v) is 9.50. The number of rotatable bonds is 4. The monoisotopic (exact) mass is 371 g/mol. The predicted octanol–water partition coefficient (Wildman–Crippen LogP) is 2.07. The fourth-order valence-corrected chi connectivity index (χ4v) is 4.63. The SMILES string of the molecule is Cc1nc2ccccc2n1CCC(=O)N1CC(C(=O)O)C2(CCOCC2)C1. The number of ether oxygens (including phenoxy) is 1. The van der Waals surface area contributed by atoms with Gasteiger partial charge in [0.2, 0.25) is 5.91 Å². The topological polar surface area (TPSA) is 84.7 Å². The highest BCUT2D eigenvalue weighted by Crippen LogP contribution is 2.44. The molecule has 7 heteroatoms. The third-order valence-electron chi connectivity index (χ3n) is 6.18. The minimum atomic E-state index is -0.802. The van der Waals surface area contributed by atoms with Gasteiger partial charge < -0.3 is 19.3 Å². The lowest BCUT2D eigenvalue weighted by Gasteiger charge is -2.36. The molecule has 0 saturated carbocycles. The molecule has 1 unspecified atom stereocenters. The van der Waals surface area contributed by atoms with E-state index >= 15 is 0 Å². The highest BCUT2D eigenvalue weighted by molar-refractivity contribution is 5.80. The number of nitrogens with zero attached hydrogens (tertiary/aromatic N) is 3. The average molecular weight is 371 g/mol. The lowest BCUT2D eigenvalue weighted by molar-refractivity contribution is -0.146. The number of aromatic nitrogens is 2. The highest BCUT2D eigenvalue weighted by atomic mass is 16.5. The van der Waals surface area contributed by atoms with Crippen molar-refractivity contribution in [1.29, 1.82) is 0 Å². The second-order valence-electron chi connectivity index (χ2n) is 7.69. The molecule has 0 radical (unpaired) electrons. The summed E-state index contributed by atoms with van der Waals surface area (Å²) in [7, 11) is 0. The van der Waals surface area contributed by atoms with Crippen LogP contribution in [0.3, 0.4) is 0 Å². The van der Waals surface area contributed by atoms with Crippen LogP contribution >= 0.6 is 0 Å². The lowest BCUT2D eigenvalue weighted by atomic mass is 9.72. The summed E-state index contributed by atoms with van der Waals surface area (Å²) in [4.78, 5) is 30.9. The molecule has 2 aliphatic rings. The average Bonchev–Trinajstić information content (AvgIpc) is 3.18. The van der Waals surface area contributed by atoms with E-state index in [0.717, 1.165) is 16.9 Å². The smallest absolute Gasteiger partial charge is 0.308 e. The van der Waals surface area contributed by atoms with E-state index in [-0.39, 0.29) is 11.3 Å². The summed E-state index contributed by atoms with van der Waals surface area (Å²) >= 11 is 0. The van der Waals surface area contributed by atoms with Crippen LogP contribution in [0.25, 0.3) is 11.0 Å². The van der Waals surface area contributed by atoms with Crippen LogP contribution < -0.4 is 0 Å². The molecule has 1 amide bonds. The molecule has 3 heterocycles. The number of likely N-dealkylation sites (tertiary alicyclic amines) is 1. The van der Waals surface area contributed by atoms with Gasteiger partial charge in [0.25, 0.3) is 0 Å². The van der Waals surface area contributed by atoms with E-state index < -0.39 is 11.9 Å². The second kappa shape index (κ2) is 6.96. The quantitative estimate of drug-likeness (QED) is 0.889. The molecule has 1 N–H and O–H groups in total. The Labute approximate surface area is 157 Å². The number of carboxylic acids is 1. The van der Waals surface area contributed by atoms with Gasteiger partial charge in [-0.3, -0.25) is 9.59 Å². The maximum atomic E-state index is 12.9. The number of carbonyl (C=O) groups excluding carboxylic acids is 1. The normalized spacial score (nSPS) is 21.8. The summed E-state index contributed by atoms with van der Waals surface area (Å²) in [5.41, 5.74) is 1.61. The van der Waals surface area contributed by atoms with Crippen molar-refractivity contribution in [2.24, 2.45) is 11.3 Å². The molecule has 7 nitrogen and oxygen atoms in total. The Morgan fingerprint density at radius 2 is 2.04 bits per heavy atom. The van der Waals surface area contributed by atoms with E-state index in [1.807, 2.05) is 31.2 Å². The number of hydrogen-bond donors (Lipinski definition) is 1. The van der Waals surface area contributed by atoms with Gasteiger partial charge in [-0.2, -0.15) is 0 Å². The minimum absolute atomic E-state index is 0.0156. The number of amides is 1. The third-order valence-corrected chi connectivity index (χ3v) is 6.18. The van der Waals surface area contributed by atoms with Crippen LogP contribution in [-0.2, 0) is 20.9 Å². The molecular formula is C20H25N3O4. The standard InChI is InChI=1S/C20H25N3O4/c1-14-21-16-4-2-3-5-17(16)23(14)9-6-18(24)22-12-15(19(25)26)20(13-22)7-10-27-11-8-20/h2-5,15H,6-13H2,1H3,(H,25,26). The number of fused-ring (bicyclic) bond motifs is 1. The summed E-state index contributed by atoms with van der Waals surface area (Å²) in [5.74, 6) is -0.402. The number of imidazole rings is 1. The zero-order valence-corrected chi connectivity index (χ0v) is 15.6. The van der Waals surface area contributed by atoms with Gasteiger partial charge in [0.1, 0.15) is 5.82 Å². The van der Waals surface area contributed by atoms with E-state index in [1.165, 1.54) is 0 Å². The van der Waals surface area contributed by atoms with Gasteiger partial charge in [-0.15, -0.1) is 0 Å². The molecule has 144 valence electrons. The second-order valence-corrected chi connectivity index (χ2v) is 7.69. The van der Waals surface area contributed by atoms with Gasteiger partial charge in [-0.1, -0.05) is 12.1 Å². The molecule has 1 spiro atoms. The molecule has 1 aromatic heterocycles. The van der Waals surface area contributed by atoms with Crippen molar-refractivity contribution >= 4 is 22.9 Å². The van der Waals surface area contributed by atoms with Crippen molar-refractivity contribution in [1.82, 2.24) is 14.5 Å². The Balaban J connectivity index is 1.47. The van der Waals surface area contributed by atoms with Crippen molar-refractivity contribution in [2.45, 2.75) is 32.7 Å². The Morgan fingerprint density at radius 1 is 1.30 bits per heavy atom. The maximum absolute atomic E-state index is 12.9. The van der Waals surface area contributed by atoms with E-state index in [2.05, 4.69) is 9.55 Å². The fraction of sp³-hybridized carbons (Fsp3) is 0.550. The van der Waals surface area contributed by atoms with Crippen molar-refractivity contribution in [2.75, 3.05) is 26.3 Å². The molecule has 2 fully saturated rings. The predicted molar refractivity (Wildman–Crippen MR) is 99.3 cm³/mol. The van der Waals surface area contributed by atoms with Gasteiger partial charge in [-0.05, 0) is 31.9 Å². The number of carboxylic acid groups (broad SMARTS) is 1. The first-order chi connectivity index (χ1) is 13.0. The first-order valence-electron chi connectivity index (χ1n) is 9.50. The Morgan fingerprint density at radius 3 is 2.78 bits per heavy atom. The first kappa shape index (κ1) is 18.0. The van der Waals surface area contributed by atoms with Crippen LogP contribution in [0.5, 0.6) is 0 Å². The largest absolute Gasteiger partial charge is 0.481 e. The van der Waals surface area contributed by atoms with Gasteiger partial charge in [0.05, 0.1) is 17.0 Å². The van der Waals surface area contributed by atoms with Crippen LogP contribution in [0.4, 0.5) is 0 Å². The summed E-state index contributed by atoms with van der Waals surface area (Å²) in [6, 6.07) is 7.89. The minimum Gasteiger partial charge on any atom is -0.481 e.